The highest BCUT2D eigenvalue weighted by molar-refractivity contribution is 5.95. The molecule has 0 spiro atoms. The van der Waals surface area contributed by atoms with Gasteiger partial charge in [0.05, 0.1) is 13.2 Å². The molecule has 4 saturated carbocycles. The summed E-state index contributed by atoms with van der Waals surface area (Å²) in [6.45, 7) is 20.6. The minimum atomic E-state index is -0.399. The van der Waals surface area contributed by atoms with Crippen LogP contribution in [0.4, 0.5) is 0 Å². The lowest BCUT2D eigenvalue weighted by Crippen LogP contribution is -2.67. The van der Waals surface area contributed by atoms with Crippen molar-refractivity contribution < 1.29 is 23.9 Å². The summed E-state index contributed by atoms with van der Waals surface area (Å²) in [4.78, 5) is 42.6. The molecule has 1 heterocycles. The number of ketones is 1. The van der Waals surface area contributed by atoms with Gasteiger partial charge in [-0.1, -0.05) is 54.0 Å². The van der Waals surface area contributed by atoms with Crippen LogP contribution in [0.25, 0.3) is 0 Å². The summed E-state index contributed by atoms with van der Waals surface area (Å²) in [7, 11) is 0. The molecule has 0 radical (unpaired) electrons. The predicted molar refractivity (Wildman–Crippen MR) is 162 cm³/mol. The molecule has 234 valence electrons. The standard InChI is InChI=1S/C36H55NO5/c1-23(38)42-28-10-11-34(6)27(31(28,2)3)9-12-36(8)29(34)26(39)21-24-25-22-33(5,30(40)37-17-19-41-20-18-37)14-13-32(25,4)15-16-35(24,36)7/h21,25,27-29H,9-20,22H2,1-8H3/t25-,27-,28-,29+,32+,33-,34-,35+,36+/m0/s1. The quantitative estimate of drug-likeness (QED) is 0.337. The van der Waals surface area contributed by atoms with Crippen LogP contribution >= 0.6 is 0 Å². The second kappa shape index (κ2) is 9.65. The van der Waals surface area contributed by atoms with Crippen molar-refractivity contribution in [3.63, 3.8) is 0 Å². The van der Waals surface area contributed by atoms with E-state index >= 15 is 0 Å². The van der Waals surface area contributed by atoms with Crippen molar-refractivity contribution in [2.75, 3.05) is 26.3 Å². The fourth-order valence-corrected chi connectivity index (χ4v) is 11.9. The number of nitrogens with zero attached hydrogens (tertiary/aromatic N) is 1. The summed E-state index contributed by atoms with van der Waals surface area (Å²) < 4.78 is 11.4. The average molecular weight is 582 g/mol. The topological polar surface area (TPSA) is 72.9 Å². The molecule has 6 rings (SSSR count). The summed E-state index contributed by atoms with van der Waals surface area (Å²) in [6.07, 6.45) is 10.9. The first-order valence-electron chi connectivity index (χ1n) is 16.8. The first kappa shape index (κ1) is 30.3. The second-order valence-corrected chi connectivity index (χ2v) is 17.1. The predicted octanol–water partition coefficient (Wildman–Crippen LogP) is 6.76. The Kier molecular flexibility index (Phi) is 6.97. The van der Waals surface area contributed by atoms with Crippen LogP contribution in [0.2, 0.25) is 0 Å². The number of carbonyl (C=O) groups is 3. The Morgan fingerprint density at radius 3 is 2.24 bits per heavy atom. The molecule has 9 atom stereocenters. The van der Waals surface area contributed by atoms with Gasteiger partial charge in [-0.15, -0.1) is 0 Å². The minimum Gasteiger partial charge on any atom is -0.462 e. The number of rotatable bonds is 2. The molecule has 1 amide bonds. The molecular formula is C36H55NO5. The fraction of sp³-hybridized carbons (Fsp3) is 0.861. The average Bonchev–Trinajstić information content (AvgIpc) is 2.92. The largest absolute Gasteiger partial charge is 0.462 e. The molecule has 0 N–H and O–H groups in total. The van der Waals surface area contributed by atoms with Crippen molar-refractivity contribution in [3.05, 3.63) is 11.6 Å². The minimum absolute atomic E-state index is 0.0376. The van der Waals surface area contributed by atoms with Crippen molar-refractivity contribution in [1.29, 1.82) is 0 Å². The van der Waals surface area contributed by atoms with Gasteiger partial charge in [0.15, 0.2) is 5.78 Å². The molecule has 6 aliphatic rings. The van der Waals surface area contributed by atoms with Gasteiger partial charge in [0.2, 0.25) is 5.91 Å². The summed E-state index contributed by atoms with van der Waals surface area (Å²) in [5, 5.41) is 0. The van der Waals surface area contributed by atoms with Gasteiger partial charge in [-0.25, -0.2) is 0 Å². The van der Waals surface area contributed by atoms with Crippen molar-refractivity contribution >= 4 is 17.7 Å². The highest BCUT2D eigenvalue weighted by Gasteiger charge is 2.70. The summed E-state index contributed by atoms with van der Waals surface area (Å²) in [5.41, 5.74) is 0.573. The summed E-state index contributed by atoms with van der Waals surface area (Å²) in [6, 6.07) is 0. The maximum absolute atomic E-state index is 14.6. The molecule has 0 aromatic carbocycles. The Bertz CT molecular complexity index is 1200. The normalized spacial score (nSPS) is 48.1. The molecule has 0 aromatic rings. The third kappa shape index (κ3) is 4.08. The van der Waals surface area contributed by atoms with Gasteiger partial charge in [-0.05, 0) is 97.4 Å². The number of esters is 1. The van der Waals surface area contributed by atoms with E-state index in [1.165, 1.54) is 12.5 Å². The molecular weight excluding hydrogens is 526 g/mol. The Balaban J connectivity index is 1.36. The SMILES string of the molecule is CC(=O)O[C@H]1CC[C@]2(C)[C@H]3C(=O)C=C4[C@@H]5C[C@@](C)(C(=O)N6CCOCC6)CC[C@]5(C)CC[C@@]4(C)[C@]3(C)CC[C@H]2C1(C)C. The van der Waals surface area contributed by atoms with Gasteiger partial charge < -0.3 is 14.4 Å². The van der Waals surface area contributed by atoms with E-state index in [-0.39, 0.29) is 56.9 Å². The van der Waals surface area contributed by atoms with Crippen LogP contribution in [0.3, 0.4) is 0 Å². The van der Waals surface area contributed by atoms with Crippen LogP contribution < -0.4 is 0 Å². The molecule has 1 saturated heterocycles. The highest BCUT2D eigenvalue weighted by Crippen LogP contribution is 2.75. The van der Waals surface area contributed by atoms with Crippen molar-refractivity contribution in [1.82, 2.24) is 4.90 Å². The zero-order valence-electron chi connectivity index (χ0n) is 27.6. The van der Waals surface area contributed by atoms with Crippen molar-refractivity contribution in [3.8, 4) is 0 Å². The van der Waals surface area contributed by atoms with Gasteiger partial charge in [0.25, 0.3) is 0 Å². The second-order valence-electron chi connectivity index (χ2n) is 17.1. The first-order valence-corrected chi connectivity index (χ1v) is 16.8. The van der Waals surface area contributed by atoms with E-state index in [1.54, 1.807) is 0 Å². The Morgan fingerprint density at radius 2 is 1.57 bits per heavy atom. The van der Waals surface area contributed by atoms with Gasteiger partial charge in [0, 0.05) is 36.8 Å². The van der Waals surface area contributed by atoms with Gasteiger partial charge in [0.1, 0.15) is 6.10 Å². The van der Waals surface area contributed by atoms with E-state index in [4.69, 9.17) is 9.47 Å². The number of hydrogen-bond acceptors (Lipinski definition) is 5. The number of allylic oxidation sites excluding steroid dienone is 2. The smallest absolute Gasteiger partial charge is 0.302 e. The van der Waals surface area contributed by atoms with E-state index in [0.29, 0.717) is 38.0 Å². The van der Waals surface area contributed by atoms with Gasteiger partial charge in [-0.3, -0.25) is 14.4 Å². The first-order chi connectivity index (χ1) is 19.5. The Hall–Kier alpha value is -1.69. The molecule has 0 unspecified atom stereocenters. The molecule has 6 nitrogen and oxygen atoms in total. The monoisotopic (exact) mass is 581 g/mol. The maximum Gasteiger partial charge on any atom is 0.302 e. The summed E-state index contributed by atoms with van der Waals surface area (Å²) >= 11 is 0. The Morgan fingerprint density at radius 1 is 0.905 bits per heavy atom. The molecule has 0 aromatic heterocycles. The van der Waals surface area contributed by atoms with Gasteiger partial charge in [-0.2, -0.15) is 0 Å². The van der Waals surface area contributed by atoms with Crippen LogP contribution in [0.15, 0.2) is 11.6 Å². The van der Waals surface area contributed by atoms with E-state index < -0.39 is 5.41 Å². The number of amides is 1. The molecule has 5 fully saturated rings. The van der Waals surface area contributed by atoms with E-state index in [1.807, 2.05) is 4.90 Å². The van der Waals surface area contributed by atoms with E-state index in [0.717, 1.165) is 57.8 Å². The zero-order valence-corrected chi connectivity index (χ0v) is 27.6. The fourth-order valence-electron chi connectivity index (χ4n) is 11.9. The lowest BCUT2D eigenvalue weighted by Gasteiger charge is -2.70. The van der Waals surface area contributed by atoms with Gasteiger partial charge >= 0.3 is 5.97 Å². The maximum atomic E-state index is 14.6. The van der Waals surface area contributed by atoms with Crippen LogP contribution in [-0.2, 0) is 23.9 Å². The molecule has 1 aliphatic heterocycles. The summed E-state index contributed by atoms with van der Waals surface area (Å²) in [5.74, 6) is 0.930. The van der Waals surface area contributed by atoms with E-state index in [9.17, 15) is 14.4 Å². The molecule has 0 bridgehead atoms. The van der Waals surface area contributed by atoms with Crippen LogP contribution in [0.5, 0.6) is 0 Å². The number of hydrogen-bond donors (Lipinski definition) is 0. The van der Waals surface area contributed by atoms with Crippen LogP contribution in [0, 0.1) is 50.2 Å². The number of ether oxygens (including phenoxy) is 2. The van der Waals surface area contributed by atoms with Crippen LogP contribution in [0.1, 0.15) is 113 Å². The lowest BCUT2D eigenvalue weighted by atomic mass is 9.33. The molecule has 42 heavy (non-hydrogen) atoms. The molecule has 6 heteroatoms. The Labute approximate surface area is 253 Å². The molecule has 5 aliphatic carbocycles. The third-order valence-corrected chi connectivity index (χ3v) is 14.6. The van der Waals surface area contributed by atoms with Crippen molar-refractivity contribution in [2.45, 2.75) is 119 Å². The zero-order chi connectivity index (χ0) is 30.5. The third-order valence-electron chi connectivity index (χ3n) is 14.6. The number of carbonyl (C=O) groups excluding carboxylic acids is 3. The number of morpholine rings is 1. The number of fused-ring (bicyclic) bond motifs is 7. The van der Waals surface area contributed by atoms with E-state index in [2.05, 4.69) is 54.5 Å². The highest BCUT2D eigenvalue weighted by atomic mass is 16.5. The van der Waals surface area contributed by atoms with Crippen LogP contribution in [-0.4, -0.2) is 55.0 Å². The lowest BCUT2D eigenvalue weighted by molar-refractivity contribution is -0.210. The van der Waals surface area contributed by atoms with Crippen molar-refractivity contribution in [2.24, 2.45) is 50.2 Å².